The van der Waals surface area contributed by atoms with Crippen molar-refractivity contribution in [3.8, 4) is 12.1 Å². The van der Waals surface area contributed by atoms with E-state index in [9.17, 15) is 10.1 Å². The van der Waals surface area contributed by atoms with Crippen LogP contribution in [0, 0.1) is 11.3 Å². The van der Waals surface area contributed by atoms with Gasteiger partial charge in [0, 0.05) is 48.9 Å². The van der Waals surface area contributed by atoms with Crippen molar-refractivity contribution in [3.63, 3.8) is 0 Å². The number of anilines is 2. The summed E-state index contributed by atoms with van der Waals surface area (Å²) in [5, 5.41) is 12.4. The smallest absolute Gasteiger partial charge is 0.318 e. The maximum Gasteiger partial charge on any atom is 0.318 e. The number of hydrogen-bond acceptors (Lipinski definition) is 8. The summed E-state index contributed by atoms with van der Waals surface area (Å²) in [6.07, 6.45) is 4.59. The molecule has 6 rings (SSSR count). The fourth-order valence-electron chi connectivity index (χ4n) is 6.56. The van der Waals surface area contributed by atoms with E-state index in [4.69, 9.17) is 26.3 Å². The summed E-state index contributed by atoms with van der Waals surface area (Å²) in [7, 11) is 2.13. The summed E-state index contributed by atoms with van der Waals surface area (Å²) in [5.74, 6) is 0.702. The van der Waals surface area contributed by atoms with Gasteiger partial charge >= 0.3 is 6.01 Å². The summed E-state index contributed by atoms with van der Waals surface area (Å²) in [5.41, 5.74) is 3.12. The number of piperazine rings is 1. The van der Waals surface area contributed by atoms with Gasteiger partial charge < -0.3 is 24.3 Å². The van der Waals surface area contributed by atoms with E-state index in [1.807, 2.05) is 12.1 Å². The summed E-state index contributed by atoms with van der Waals surface area (Å²) >= 11 is 6.69. The van der Waals surface area contributed by atoms with Crippen LogP contribution in [0.5, 0.6) is 6.01 Å². The Balaban J connectivity index is 1.34. The Morgan fingerprint density at radius 2 is 1.98 bits per heavy atom. The molecule has 2 saturated heterocycles. The zero-order chi connectivity index (χ0) is 29.2. The van der Waals surface area contributed by atoms with Crippen LogP contribution < -0.4 is 14.5 Å². The second-order valence-corrected chi connectivity index (χ2v) is 11.7. The molecule has 0 spiro atoms. The molecule has 3 aliphatic rings. The van der Waals surface area contributed by atoms with Crippen LogP contribution in [0.1, 0.15) is 30.5 Å². The number of amides is 1. The van der Waals surface area contributed by atoms with Crippen LogP contribution in [0.15, 0.2) is 49.1 Å². The number of nitriles is 1. The maximum absolute atomic E-state index is 12.5. The van der Waals surface area contributed by atoms with Gasteiger partial charge in [0.15, 0.2) is 0 Å². The van der Waals surface area contributed by atoms with Crippen molar-refractivity contribution in [1.82, 2.24) is 19.8 Å². The highest BCUT2D eigenvalue weighted by Crippen LogP contribution is 2.37. The first-order chi connectivity index (χ1) is 20.5. The maximum atomic E-state index is 12.5. The number of carbonyl (C=O) groups is 1. The molecule has 0 N–H and O–H groups in total. The molecule has 2 aromatic carbocycles. The molecule has 3 aliphatic heterocycles. The molecule has 42 heavy (non-hydrogen) atoms. The van der Waals surface area contributed by atoms with Gasteiger partial charge in [-0.1, -0.05) is 42.4 Å². The second kappa shape index (κ2) is 12.2. The Bertz CT molecular complexity index is 1530. The van der Waals surface area contributed by atoms with Gasteiger partial charge in [-0.15, -0.1) is 0 Å². The average molecular weight is 586 g/mol. The fraction of sp³-hybridized carbons (Fsp3) is 0.438. The normalized spacial score (nSPS) is 20.8. The van der Waals surface area contributed by atoms with Crippen LogP contribution in [0.2, 0.25) is 5.02 Å². The number of rotatable bonds is 7. The van der Waals surface area contributed by atoms with Crippen LogP contribution in [0.25, 0.3) is 10.8 Å². The first kappa shape index (κ1) is 28.3. The van der Waals surface area contributed by atoms with Gasteiger partial charge in [-0.25, -0.2) is 0 Å². The third-order valence-electron chi connectivity index (χ3n) is 8.84. The molecule has 2 fully saturated rings. The minimum absolute atomic E-state index is 0.145. The molecule has 0 aliphatic carbocycles. The molecule has 9 nitrogen and oxygen atoms in total. The number of benzene rings is 2. The van der Waals surface area contributed by atoms with Gasteiger partial charge in [-0.2, -0.15) is 15.2 Å². The van der Waals surface area contributed by atoms with Gasteiger partial charge in [0.25, 0.3) is 0 Å². The van der Waals surface area contributed by atoms with Crippen molar-refractivity contribution < 1.29 is 9.53 Å². The Kier molecular flexibility index (Phi) is 8.18. The molecule has 0 radical (unpaired) electrons. The van der Waals surface area contributed by atoms with E-state index in [2.05, 4.69) is 58.7 Å². The Labute approximate surface area is 251 Å². The average Bonchev–Trinajstić information content (AvgIpc) is 3.43. The third-order valence-corrected chi connectivity index (χ3v) is 9.15. The monoisotopic (exact) mass is 585 g/mol. The molecule has 1 aromatic heterocycles. The van der Waals surface area contributed by atoms with Crippen molar-refractivity contribution in [1.29, 1.82) is 5.26 Å². The summed E-state index contributed by atoms with van der Waals surface area (Å²) in [6, 6.07) is 15.0. The Morgan fingerprint density at radius 3 is 2.74 bits per heavy atom. The number of fused-ring (bicyclic) bond motifs is 2. The van der Waals surface area contributed by atoms with Crippen LogP contribution in [-0.4, -0.2) is 84.1 Å². The van der Waals surface area contributed by atoms with Crippen molar-refractivity contribution in [2.24, 2.45) is 0 Å². The summed E-state index contributed by atoms with van der Waals surface area (Å²) in [4.78, 5) is 31.1. The number of nitrogens with zero attached hydrogens (tertiary/aromatic N) is 7. The van der Waals surface area contributed by atoms with E-state index in [1.165, 1.54) is 6.08 Å². The lowest BCUT2D eigenvalue weighted by atomic mass is 10.0. The minimum atomic E-state index is -0.241. The lowest BCUT2D eigenvalue weighted by Crippen LogP contribution is -2.55. The number of likely N-dealkylation sites (tertiary alicyclic amines) is 1. The molecule has 0 bridgehead atoms. The van der Waals surface area contributed by atoms with E-state index in [0.29, 0.717) is 44.8 Å². The van der Waals surface area contributed by atoms with Crippen LogP contribution in [0.4, 0.5) is 11.5 Å². The number of hydrogen-bond donors (Lipinski definition) is 0. The van der Waals surface area contributed by atoms with E-state index in [-0.39, 0.29) is 18.4 Å². The number of carbonyl (C=O) groups excluding carboxylic acids is 1. The van der Waals surface area contributed by atoms with Crippen LogP contribution >= 0.6 is 11.6 Å². The number of aromatic nitrogens is 2. The van der Waals surface area contributed by atoms with E-state index >= 15 is 0 Å². The van der Waals surface area contributed by atoms with Gasteiger partial charge in [0.2, 0.25) is 5.91 Å². The lowest BCUT2D eigenvalue weighted by molar-refractivity contribution is -0.128. The highest BCUT2D eigenvalue weighted by molar-refractivity contribution is 6.36. The third kappa shape index (κ3) is 5.49. The van der Waals surface area contributed by atoms with E-state index in [1.54, 1.807) is 4.90 Å². The van der Waals surface area contributed by atoms with Gasteiger partial charge in [0.05, 0.1) is 35.8 Å². The van der Waals surface area contributed by atoms with Crippen molar-refractivity contribution >= 4 is 39.8 Å². The predicted octanol–water partition coefficient (Wildman–Crippen LogP) is 4.44. The standard InChI is InChI=1S/C32H36ClN7O2/c1-3-29(41)40-18-17-39(19-23(40)12-14-34)31-25-13-16-38(28-11-5-8-22-7-4-10-26(33)30(22)28)20-27(25)35-32(36-31)42-21-24-9-6-15-37(24)2/h3-5,7-8,10-11,23-24H,1,6,9,12-13,15-21H2,2H3. The molecule has 218 valence electrons. The molecule has 1 amide bonds. The van der Waals surface area contributed by atoms with Crippen molar-refractivity contribution in [3.05, 3.63) is 65.3 Å². The highest BCUT2D eigenvalue weighted by Gasteiger charge is 2.33. The van der Waals surface area contributed by atoms with Gasteiger partial charge in [-0.05, 0) is 56.4 Å². The van der Waals surface area contributed by atoms with Crippen LogP contribution in [0.3, 0.4) is 0 Å². The largest absolute Gasteiger partial charge is 0.462 e. The van der Waals surface area contributed by atoms with Crippen molar-refractivity contribution in [2.45, 2.75) is 44.3 Å². The van der Waals surface area contributed by atoms with Gasteiger partial charge in [-0.3, -0.25) is 4.79 Å². The Hall–Kier alpha value is -3.87. The van der Waals surface area contributed by atoms with Crippen molar-refractivity contribution in [2.75, 3.05) is 56.2 Å². The fourth-order valence-corrected chi connectivity index (χ4v) is 6.83. The Morgan fingerprint density at radius 1 is 1.14 bits per heavy atom. The quantitative estimate of drug-likeness (QED) is 0.376. The molecule has 10 heteroatoms. The molecule has 3 aromatic rings. The zero-order valence-corrected chi connectivity index (χ0v) is 24.8. The molecular weight excluding hydrogens is 550 g/mol. The molecule has 2 atom stereocenters. The molecule has 4 heterocycles. The topological polar surface area (TPSA) is 88.8 Å². The van der Waals surface area contributed by atoms with E-state index in [0.717, 1.165) is 70.9 Å². The van der Waals surface area contributed by atoms with Gasteiger partial charge in [0.1, 0.15) is 12.4 Å². The minimum Gasteiger partial charge on any atom is -0.462 e. The molecular formula is C32H36ClN7O2. The molecule has 0 saturated carbocycles. The summed E-state index contributed by atoms with van der Waals surface area (Å²) in [6.45, 7) is 8.28. The number of likely N-dealkylation sites (N-methyl/N-ethyl adjacent to an activating group) is 1. The highest BCUT2D eigenvalue weighted by atomic mass is 35.5. The molecule has 2 unspecified atom stereocenters. The van der Waals surface area contributed by atoms with Crippen LogP contribution in [-0.2, 0) is 17.8 Å². The predicted molar refractivity (Wildman–Crippen MR) is 165 cm³/mol. The number of ether oxygens (including phenoxy) is 1. The second-order valence-electron chi connectivity index (χ2n) is 11.3. The summed E-state index contributed by atoms with van der Waals surface area (Å²) < 4.78 is 6.28. The lowest BCUT2D eigenvalue weighted by Gasteiger charge is -2.42. The first-order valence-electron chi connectivity index (χ1n) is 14.7. The number of halogens is 1. The zero-order valence-electron chi connectivity index (χ0n) is 24.0. The first-order valence-corrected chi connectivity index (χ1v) is 15.0. The van der Waals surface area contributed by atoms with E-state index < -0.39 is 0 Å². The SMILES string of the molecule is C=CC(=O)N1CCN(c2nc(OCC3CCCN3C)nc3c2CCN(c2cccc4cccc(Cl)c24)C3)CC1CC#N.